The average molecular weight is 429 g/mol. The Labute approximate surface area is 157 Å². The molecule has 0 aliphatic carbocycles. The summed E-state index contributed by atoms with van der Waals surface area (Å²) in [6, 6.07) is 11.8. The lowest BCUT2D eigenvalue weighted by Gasteiger charge is -2.04. The van der Waals surface area contributed by atoms with Gasteiger partial charge in [0, 0.05) is 20.6 Å². The summed E-state index contributed by atoms with van der Waals surface area (Å²) in [4.78, 5) is 23.6. The fourth-order valence-corrected chi connectivity index (χ4v) is 2.57. The van der Waals surface area contributed by atoms with Crippen molar-refractivity contribution in [2.75, 3.05) is 6.54 Å². The van der Waals surface area contributed by atoms with E-state index in [4.69, 9.17) is 23.2 Å². The number of hydrogen-bond acceptors (Lipinski definition) is 3. The first kappa shape index (κ1) is 18.4. The van der Waals surface area contributed by atoms with Crippen molar-refractivity contribution in [3.05, 3.63) is 68.1 Å². The number of benzene rings is 2. The summed E-state index contributed by atoms with van der Waals surface area (Å²) in [5.41, 5.74) is 3.37. The molecule has 2 amide bonds. The van der Waals surface area contributed by atoms with Crippen LogP contribution < -0.4 is 10.7 Å². The van der Waals surface area contributed by atoms with Gasteiger partial charge < -0.3 is 5.32 Å². The van der Waals surface area contributed by atoms with E-state index in [1.807, 2.05) is 0 Å². The van der Waals surface area contributed by atoms with E-state index in [-0.39, 0.29) is 12.5 Å². The molecule has 0 aliphatic rings. The van der Waals surface area contributed by atoms with Crippen molar-refractivity contribution < 1.29 is 9.59 Å². The first-order valence-electron chi connectivity index (χ1n) is 6.76. The van der Waals surface area contributed by atoms with Crippen LogP contribution in [0.15, 0.2) is 52.0 Å². The van der Waals surface area contributed by atoms with Gasteiger partial charge in [-0.15, -0.1) is 0 Å². The summed E-state index contributed by atoms with van der Waals surface area (Å²) in [6.45, 7) is -0.197. The van der Waals surface area contributed by atoms with E-state index < -0.39 is 5.91 Å². The largest absolute Gasteiger partial charge is 0.343 e. The van der Waals surface area contributed by atoms with Crippen LogP contribution in [0.2, 0.25) is 10.0 Å². The van der Waals surface area contributed by atoms with Crippen LogP contribution in [0.3, 0.4) is 0 Å². The normalized spacial score (nSPS) is 10.6. The van der Waals surface area contributed by atoms with Crippen molar-refractivity contribution in [1.82, 2.24) is 10.7 Å². The van der Waals surface area contributed by atoms with Crippen LogP contribution in [-0.4, -0.2) is 24.6 Å². The van der Waals surface area contributed by atoms with E-state index in [0.717, 1.165) is 4.47 Å². The second kappa shape index (κ2) is 8.82. The molecule has 0 aromatic heterocycles. The molecule has 2 aromatic carbocycles. The van der Waals surface area contributed by atoms with Crippen molar-refractivity contribution >= 4 is 57.2 Å². The Bertz CT molecular complexity index is 797. The smallest absolute Gasteiger partial charge is 0.259 e. The number of carbonyl (C=O) groups excluding carboxylic acids is 2. The molecule has 0 spiro atoms. The van der Waals surface area contributed by atoms with Gasteiger partial charge in [-0.25, -0.2) is 5.43 Å². The molecule has 24 heavy (non-hydrogen) atoms. The van der Waals surface area contributed by atoms with Gasteiger partial charge in [-0.3, -0.25) is 9.59 Å². The van der Waals surface area contributed by atoms with Crippen LogP contribution in [0.1, 0.15) is 15.9 Å². The average Bonchev–Trinajstić information content (AvgIpc) is 2.54. The highest BCUT2D eigenvalue weighted by atomic mass is 79.9. The van der Waals surface area contributed by atoms with Crippen molar-refractivity contribution in [2.45, 2.75) is 0 Å². The number of nitrogens with one attached hydrogen (secondary N) is 2. The summed E-state index contributed by atoms with van der Waals surface area (Å²) in [5, 5.41) is 7.22. The molecule has 0 saturated carbocycles. The van der Waals surface area contributed by atoms with Crippen LogP contribution in [0.25, 0.3) is 0 Å². The predicted molar refractivity (Wildman–Crippen MR) is 98.7 cm³/mol. The minimum absolute atomic E-state index is 0.197. The van der Waals surface area contributed by atoms with E-state index in [1.54, 1.807) is 42.5 Å². The molecule has 0 heterocycles. The Morgan fingerprint density at radius 3 is 2.67 bits per heavy atom. The molecule has 0 aliphatic heterocycles. The van der Waals surface area contributed by atoms with Crippen LogP contribution in [0.5, 0.6) is 0 Å². The number of hydrogen-bond donors (Lipinski definition) is 2. The van der Waals surface area contributed by atoms with Gasteiger partial charge in [0.25, 0.3) is 11.8 Å². The molecule has 2 aromatic rings. The molecular formula is C16H12BrCl2N3O2. The number of hydrazone groups is 1. The van der Waals surface area contributed by atoms with Crippen LogP contribution in [-0.2, 0) is 4.79 Å². The zero-order valence-electron chi connectivity index (χ0n) is 12.2. The van der Waals surface area contributed by atoms with Gasteiger partial charge in [-0.2, -0.15) is 5.10 Å². The van der Waals surface area contributed by atoms with E-state index in [0.29, 0.717) is 21.2 Å². The van der Waals surface area contributed by atoms with Crippen LogP contribution in [0.4, 0.5) is 0 Å². The van der Waals surface area contributed by atoms with Gasteiger partial charge >= 0.3 is 0 Å². The highest BCUT2D eigenvalue weighted by Crippen LogP contribution is 2.19. The molecule has 0 radical (unpaired) electrons. The fraction of sp³-hybridized carbons (Fsp3) is 0.0625. The van der Waals surface area contributed by atoms with Gasteiger partial charge in [-0.05, 0) is 30.3 Å². The van der Waals surface area contributed by atoms with E-state index >= 15 is 0 Å². The molecule has 0 atom stereocenters. The quantitative estimate of drug-likeness (QED) is 0.563. The topological polar surface area (TPSA) is 70.6 Å². The molecule has 0 bridgehead atoms. The van der Waals surface area contributed by atoms with Gasteiger partial charge in [0.1, 0.15) is 0 Å². The minimum Gasteiger partial charge on any atom is -0.343 e. The van der Waals surface area contributed by atoms with Gasteiger partial charge in [-0.1, -0.05) is 51.3 Å². The number of amides is 2. The Morgan fingerprint density at radius 2 is 1.96 bits per heavy atom. The summed E-state index contributed by atoms with van der Waals surface area (Å²) in [5.74, 6) is -0.809. The predicted octanol–water partition coefficient (Wildman–Crippen LogP) is 3.64. The van der Waals surface area contributed by atoms with Crippen molar-refractivity contribution in [3.8, 4) is 0 Å². The van der Waals surface area contributed by atoms with Crippen LogP contribution in [0, 0.1) is 0 Å². The fourth-order valence-electron chi connectivity index (χ4n) is 1.71. The summed E-state index contributed by atoms with van der Waals surface area (Å²) in [6.07, 6.45) is 1.40. The Kier molecular flexibility index (Phi) is 6.78. The van der Waals surface area contributed by atoms with Crippen LogP contribution >= 0.6 is 39.1 Å². The number of halogens is 3. The lowest BCUT2D eigenvalue weighted by Crippen LogP contribution is -2.34. The SMILES string of the molecule is O=C(CNC(=O)c1cccc(Br)c1)N/N=C\c1ccc(Cl)cc1Cl. The molecule has 0 unspecified atom stereocenters. The van der Waals surface area contributed by atoms with E-state index in [2.05, 4.69) is 31.8 Å². The monoisotopic (exact) mass is 427 g/mol. The maximum Gasteiger partial charge on any atom is 0.259 e. The lowest BCUT2D eigenvalue weighted by molar-refractivity contribution is -0.120. The standard InChI is InChI=1S/C16H12BrCl2N3O2/c17-12-3-1-2-10(6-12)16(24)20-9-15(23)22-21-8-11-4-5-13(18)7-14(11)19/h1-8H,9H2,(H,20,24)(H,22,23)/b21-8-. The number of carbonyl (C=O) groups is 2. The Balaban J connectivity index is 1.83. The summed E-state index contributed by atoms with van der Waals surface area (Å²) >= 11 is 15.0. The molecule has 2 rings (SSSR count). The zero-order chi connectivity index (χ0) is 17.5. The highest BCUT2D eigenvalue weighted by Gasteiger charge is 2.07. The minimum atomic E-state index is -0.459. The molecule has 5 nitrogen and oxygen atoms in total. The molecule has 8 heteroatoms. The lowest BCUT2D eigenvalue weighted by atomic mass is 10.2. The first-order valence-corrected chi connectivity index (χ1v) is 8.31. The molecule has 2 N–H and O–H groups in total. The maximum atomic E-state index is 11.9. The number of nitrogens with zero attached hydrogens (tertiary/aromatic N) is 1. The van der Waals surface area contributed by atoms with Gasteiger partial charge in [0.05, 0.1) is 17.8 Å². The second-order valence-corrected chi connectivity index (χ2v) is 6.41. The zero-order valence-corrected chi connectivity index (χ0v) is 15.3. The first-order chi connectivity index (χ1) is 11.5. The third-order valence-electron chi connectivity index (χ3n) is 2.85. The third-order valence-corrected chi connectivity index (χ3v) is 3.91. The van der Waals surface area contributed by atoms with Gasteiger partial charge in [0.2, 0.25) is 0 Å². The summed E-state index contributed by atoms with van der Waals surface area (Å²) in [7, 11) is 0. The molecular weight excluding hydrogens is 417 g/mol. The van der Waals surface area contributed by atoms with E-state index in [1.165, 1.54) is 6.21 Å². The third kappa shape index (κ3) is 5.63. The second-order valence-electron chi connectivity index (χ2n) is 4.65. The molecule has 124 valence electrons. The van der Waals surface area contributed by atoms with E-state index in [9.17, 15) is 9.59 Å². The highest BCUT2D eigenvalue weighted by molar-refractivity contribution is 9.10. The van der Waals surface area contributed by atoms with Crippen molar-refractivity contribution in [2.24, 2.45) is 5.10 Å². The maximum absolute atomic E-state index is 11.9. The van der Waals surface area contributed by atoms with Gasteiger partial charge in [0.15, 0.2) is 0 Å². The Hall–Kier alpha value is -1.89. The van der Waals surface area contributed by atoms with Crippen molar-refractivity contribution in [3.63, 3.8) is 0 Å². The summed E-state index contributed by atoms with van der Waals surface area (Å²) < 4.78 is 0.782. The molecule has 0 saturated heterocycles. The molecule has 0 fully saturated rings. The Morgan fingerprint density at radius 1 is 1.17 bits per heavy atom. The number of rotatable bonds is 5. The van der Waals surface area contributed by atoms with Crippen molar-refractivity contribution in [1.29, 1.82) is 0 Å².